The highest BCUT2D eigenvalue weighted by Crippen LogP contribution is 2.18. The van der Waals surface area contributed by atoms with Gasteiger partial charge in [-0.1, -0.05) is 50.5 Å². The van der Waals surface area contributed by atoms with Crippen LogP contribution in [-0.4, -0.2) is 37.9 Å². The average Bonchev–Trinajstić information content (AvgIpc) is 2.73. The molecule has 0 radical (unpaired) electrons. The van der Waals surface area contributed by atoms with Crippen molar-refractivity contribution in [1.29, 1.82) is 0 Å². The van der Waals surface area contributed by atoms with Crippen LogP contribution in [0.2, 0.25) is 0 Å². The first kappa shape index (κ1) is 23.0. The summed E-state index contributed by atoms with van der Waals surface area (Å²) < 4.78 is 15.1. The second-order valence-electron chi connectivity index (χ2n) is 5.90. The molecule has 2 aromatic carbocycles. The molecule has 0 spiro atoms. The number of rotatable bonds is 9. The molecular weight excluding hydrogens is 360 g/mol. The van der Waals surface area contributed by atoms with Gasteiger partial charge in [-0.2, -0.15) is 0 Å². The van der Waals surface area contributed by atoms with Gasteiger partial charge in [0.25, 0.3) is 0 Å². The molecule has 152 valence electrons. The van der Waals surface area contributed by atoms with Crippen molar-refractivity contribution in [3.05, 3.63) is 59.7 Å². The third kappa shape index (κ3) is 7.70. The quantitative estimate of drug-likeness (QED) is 0.490. The molecule has 0 amide bonds. The molecule has 2 rings (SSSR count). The maximum atomic E-state index is 11.8. The maximum absolute atomic E-state index is 11.8. The summed E-state index contributed by atoms with van der Waals surface area (Å²) in [5.41, 5.74) is 0.681. The standard InChI is InChI=1S/C14H20O3.C8H8O3/c1-3-4-5-8-11-17-14(15)12-9-6-7-10-13(12)16-2;1-11-7-5-3-2-4-6(7)8(9)10/h6-7,9-10H,3-5,8,11H2,1-2H3;2-5H,1H3,(H,9,10). The lowest BCUT2D eigenvalue weighted by molar-refractivity contribution is 0.0493. The van der Waals surface area contributed by atoms with Crippen LogP contribution in [0.5, 0.6) is 11.5 Å². The lowest BCUT2D eigenvalue weighted by Gasteiger charge is -2.08. The van der Waals surface area contributed by atoms with E-state index in [1.165, 1.54) is 26.0 Å². The normalized spacial score (nSPS) is 9.68. The summed E-state index contributed by atoms with van der Waals surface area (Å²) in [6.07, 6.45) is 4.40. The minimum Gasteiger partial charge on any atom is -0.496 e. The van der Waals surface area contributed by atoms with Crippen molar-refractivity contribution in [3.8, 4) is 11.5 Å². The van der Waals surface area contributed by atoms with Gasteiger partial charge in [0.2, 0.25) is 0 Å². The van der Waals surface area contributed by atoms with Gasteiger partial charge in [0.05, 0.1) is 20.8 Å². The van der Waals surface area contributed by atoms with Crippen LogP contribution in [0.3, 0.4) is 0 Å². The van der Waals surface area contributed by atoms with E-state index in [-0.39, 0.29) is 11.5 Å². The number of carbonyl (C=O) groups excluding carboxylic acids is 1. The Bertz CT molecular complexity index is 741. The highest BCUT2D eigenvalue weighted by atomic mass is 16.5. The van der Waals surface area contributed by atoms with Crippen molar-refractivity contribution in [2.45, 2.75) is 32.6 Å². The number of methoxy groups -OCH3 is 2. The Kier molecular flexibility index (Phi) is 10.8. The van der Waals surface area contributed by atoms with E-state index in [1.807, 2.05) is 6.07 Å². The van der Waals surface area contributed by atoms with Gasteiger partial charge in [-0.15, -0.1) is 0 Å². The van der Waals surface area contributed by atoms with Gasteiger partial charge in [-0.05, 0) is 30.7 Å². The van der Waals surface area contributed by atoms with Gasteiger partial charge < -0.3 is 19.3 Å². The van der Waals surface area contributed by atoms with Crippen LogP contribution in [0.25, 0.3) is 0 Å². The van der Waals surface area contributed by atoms with E-state index < -0.39 is 5.97 Å². The van der Waals surface area contributed by atoms with E-state index in [1.54, 1.807) is 43.5 Å². The van der Waals surface area contributed by atoms with Crippen molar-refractivity contribution in [3.63, 3.8) is 0 Å². The summed E-state index contributed by atoms with van der Waals surface area (Å²) in [7, 11) is 3.00. The van der Waals surface area contributed by atoms with Crippen molar-refractivity contribution in [2.24, 2.45) is 0 Å². The van der Waals surface area contributed by atoms with Crippen LogP contribution in [0.4, 0.5) is 0 Å². The number of aromatic carboxylic acids is 1. The first-order chi connectivity index (χ1) is 13.5. The molecule has 1 N–H and O–H groups in total. The summed E-state index contributed by atoms with van der Waals surface area (Å²) in [5.74, 6) is -0.326. The van der Waals surface area contributed by atoms with E-state index >= 15 is 0 Å². The largest absolute Gasteiger partial charge is 0.496 e. The van der Waals surface area contributed by atoms with Gasteiger partial charge >= 0.3 is 11.9 Å². The van der Waals surface area contributed by atoms with Gasteiger partial charge in [0, 0.05) is 0 Å². The first-order valence-electron chi connectivity index (χ1n) is 9.21. The van der Waals surface area contributed by atoms with Gasteiger partial charge in [0.15, 0.2) is 0 Å². The van der Waals surface area contributed by atoms with Crippen LogP contribution >= 0.6 is 0 Å². The highest BCUT2D eigenvalue weighted by Gasteiger charge is 2.12. The predicted molar refractivity (Wildman–Crippen MR) is 107 cm³/mol. The number of carboxylic acid groups (broad SMARTS) is 1. The second-order valence-corrected chi connectivity index (χ2v) is 5.90. The summed E-state index contributed by atoms with van der Waals surface area (Å²) in [5, 5.41) is 8.62. The molecule has 0 aromatic heterocycles. The molecule has 0 saturated carbocycles. The van der Waals surface area contributed by atoms with E-state index in [0.717, 1.165) is 12.8 Å². The van der Waals surface area contributed by atoms with Crippen molar-refractivity contribution < 1.29 is 28.9 Å². The molecule has 0 heterocycles. The molecule has 28 heavy (non-hydrogen) atoms. The number of ether oxygens (including phenoxy) is 3. The predicted octanol–water partition coefficient (Wildman–Crippen LogP) is 4.83. The first-order valence-corrected chi connectivity index (χ1v) is 9.21. The molecular formula is C22H28O6. The Morgan fingerprint density at radius 3 is 1.86 bits per heavy atom. The topological polar surface area (TPSA) is 82.1 Å². The molecule has 2 aromatic rings. The van der Waals surface area contributed by atoms with Crippen molar-refractivity contribution in [1.82, 2.24) is 0 Å². The Morgan fingerprint density at radius 2 is 1.36 bits per heavy atom. The molecule has 0 fully saturated rings. The molecule has 0 unspecified atom stereocenters. The lowest BCUT2D eigenvalue weighted by Crippen LogP contribution is -2.08. The number of carbonyl (C=O) groups is 2. The van der Waals surface area contributed by atoms with Crippen LogP contribution in [0.1, 0.15) is 53.3 Å². The van der Waals surface area contributed by atoms with Crippen LogP contribution in [0.15, 0.2) is 48.5 Å². The second kappa shape index (κ2) is 13.2. The van der Waals surface area contributed by atoms with Gasteiger partial charge in [-0.3, -0.25) is 0 Å². The van der Waals surface area contributed by atoms with Crippen LogP contribution < -0.4 is 9.47 Å². The number of esters is 1. The fourth-order valence-corrected chi connectivity index (χ4v) is 2.41. The summed E-state index contributed by atoms with van der Waals surface area (Å²) in [6.45, 7) is 2.64. The van der Waals surface area contributed by atoms with Gasteiger partial charge in [-0.25, -0.2) is 9.59 Å². The number of hydrogen-bond donors (Lipinski definition) is 1. The van der Waals surface area contributed by atoms with Crippen LogP contribution in [-0.2, 0) is 4.74 Å². The lowest BCUT2D eigenvalue weighted by atomic mass is 10.2. The monoisotopic (exact) mass is 388 g/mol. The average molecular weight is 388 g/mol. The van der Waals surface area contributed by atoms with Crippen LogP contribution in [0, 0.1) is 0 Å². The summed E-state index contributed by atoms with van der Waals surface area (Å²) in [4.78, 5) is 22.3. The van der Waals surface area contributed by atoms with E-state index in [4.69, 9.17) is 19.3 Å². The molecule has 0 aliphatic carbocycles. The van der Waals surface area contributed by atoms with Crippen molar-refractivity contribution >= 4 is 11.9 Å². The maximum Gasteiger partial charge on any atom is 0.341 e. The molecule has 6 nitrogen and oxygen atoms in total. The molecule has 0 aliphatic rings. The number of carboxylic acids is 1. The summed E-state index contributed by atoms with van der Waals surface area (Å²) in [6, 6.07) is 13.6. The molecule has 0 atom stereocenters. The number of hydrogen-bond acceptors (Lipinski definition) is 5. The van der Waals surface area contributed by atoms with E-state index in [9.17, 15) is 9.59 Å². The zero-order valence-corrected chi connectivity index (χ0v) is 16.6. The fraction of sp³-hybridized carbons (Fsp3) is 0.364. The van der Waals surface area contributed by atoms with E-state index in [0.29, 0.717) is 23.7 Å². The minimum atomic E-state index is -0.970. The van der Waals surface area contributed by atoms with Gasteiger partial charge in [0.1, 0.15) is 22.6 Å². The third-order valence-electron chi connectivity index (χ3n) is 3.90. The minimum absolute atomic E-state index is 0.190. The van der Waals surface area contributed by atoms with E-state index in [2.05, 4.69) is 6.92 Å². The SMILES string of the molecule is CCCCCCOC(=O)c1ccccc1OC.COc1ccccc1C(=O)O. The molecule has 0 bridgehead atoms. The molecule has 0 saturated heterocycles. The third-order valence-corrected chi connectivity index (χ3v) is 3.90. The molecule has 0 aliphatic heterocycles. The highest BCUT2D eigenvalue weighted by molar-refractivity contribution is 5.92. The molecule has 6 heteroatoms. The zero-order chi connectivity index (χ0) is 20.8. The number of para-hydroxylation sites is 2. The fourth-order valence-electron chi connectivity index (χ4n) is 2.41. The summed E-state index contributed by atoms with van der Waals surface area (Å²) >= 11 is 0. The Balaban J connectivity index is 0.000000307. The zero-order valence-electron chi connectivity index (χ0n) is 16.6. The Hall–Kier alpha value is -3.02. The number of benzene rings is 2. The Morgan fingerprint density at radius 1 is 0.821 bits per heavy atom. The number of unbranched alkanes of at least 4 members (excludes halogenated alkanes) is 3. The Labute approximate surface area is 166 Å². The smallest absolute Gasteiger partial charge is 0.341 e. The van der Waals surface area contributed by atoms with Crippen molar-refractivity contribution in [2.75, 3.05) is 20.8 Å².